The maximum atomic E-state index is 10.3. The maximum Gasteiger partial charge on any atom is 0.327 e. The van der Waals surface area contributed by atoms with Gasteiger partial charge in [0.15, 0.2) is 0 Å². The average molecular weight is 307 g/mol. The number of nitrogens with one attached hydrogen (secondary N) is 1. The quantitative estimate of drug-likeness (QED) is 0.356. The molecule has 114 valence electrons. The molecule has 1 amide bonds. The van der Waals surface area contributed by atoms with Gasteiger partial charge in [0.1, 0.15) is 6.04 Å². The van der Waals surface area contributed by atoms with Crippen molar-refractivity contribution < 1.29 is 34.5 Å². The molecule has 0 spiro atoms. The van der Waals surface area contributed by atoms with Gasteiger partial charge in [-0.1, -0.05) is 13.2 Å². The van der Waals surface area contributed by atoms with Crippen LogP contribution in [-0.2, 0) is 19.2 Å². The van der Waals surface area contributed by atoms with E-state index in [-0.39, 0.29) is 11.7 Å². The third-order valence-corrected chi connectivity index (χ3v) is 1.57. The number of hydrogen-bond donors (Lipinski definition) is 5. The molecule has 20 heavy (non-hydrogen) atoms. The van der Waals surface area contributed by atoms with E-state index in [1.165, 1.54) is 6.92 Å². The van der Waals surface area contributed by atoms with E-state index in [0.717, 1.165) is 12.2 Å². The van der Waals surface area contributed by atoms with Gasteiger partial charge in [-0.05, 0) is 0 Å². The van der Waals surface area contributed by atoms with Gasteiger partial charge in [0.2, 0.25) is 5.91 Å². The molecule has 4 N–H and O–H groups in total. The molecule has 1 unspecified atom stereocenters. The fourth-order valence-corrected chi connectivity index (χ4v) is 0.678. The molecule has 0 saturated carbocycles. The SMILES string of the molecule is C=CC(=O)O.C=CC(=O)O.CC(=O)NC(CS)C(=O)O. The summed E-state index contributed by atoms with van der Waals surface area (Å²) in [5, 5.41) is 25.8. The molecule has 0 aromatic rings. The van der Waals surface area contributed by atoms with Crippen molar-refractivity contribution in [2.75, 3.05) is 5.75 Å². The zero-order valence-electron chi connectivity index (χ0n) is 10.8. The molecule has 0 aliphatic carbocycles. The molecule has 0 heterocycles. The van der Waals surface area contributed by atoms with Gasteiger partial charge in [0.05, 0.1) is 0 Å². The van der Waals surface area contributed by atoms with E-state index in [9.17, 15) is 19.2 Å². The Hall–Kier alpha value is -2.29. The highest BCUT2D eigenvalue weighted by molar-refractivity contribution is 7.80. The minimum atomic E-state index is -1.06. The normalized spacial score (nSPS) is 9.30. The summed E-state index contributed by atoms with van der Waals surface area (Å²) in [5.41, 5.74) is 0. The lowest BCUT2D eigenvalue weighted by molar-refractivity contribution is -0.140. The van der Waals surface area contributed by atoms with E-state index in [1.807, 2.05) is 0 Å². The Kier molecular flexibility index (Phi) is 16.9. The summed E-state index contributed by atoms with van der Waals surface area (Å²) in [6.45, 7) is 7.18. The summed E-state index contributed by atoms with van der Waals surface area (Å²) >= 11 is 3.73. The Labute approximate surface area is 121 Å². The number of hydrogen-bond acceptors (Lipinski definition) is 5. The summed E-state index contributed by atoms with van der Waals surface area (Å²) in [5.74, 6) is -3.28. The second kappa shape index (κ2) is 14.8. The van der Waals surface area contributed by atoms with E-state index >= 15 is 0 Å². The van der Waals surface area contributed by atoms with Crippen LogP contribution in [0.15, 0.2) is 25.3 Å². The fraction of sp³-hybridized carbons (Fsp3) is 0.273. The number of carboxylic acids is 3. The van der Waals surface area contributed by atoms with Crippen LogP contribution in [0.3, 0.4) is 0 Å². The number of amides is 1. The second-order valence-corrected chi connectivity index (χ2v) is 3.22. The summed E-state index contributed by atoms with van der Waals surface area (Å²) in [4.78, 5) is 39.0. The fourth-order valence-electron chi connectivity index (χ4n) is 0.431. The Bertz CT molecular complexity index is 350. The van der Waals surface area contributed by atoms with Crippen LogP contribution >= 0.6 is 12.6 Å². The number of rotatable bonds is 5. The van der Waals surface area contributed by atoms with Crippen molar-refractivity contribution in [3.63, 3.8) is 0 Å². The zero-order valence-corrected chi connectivity index (χ0v) is 11.7. The predicted molar refractivity (Wildman–Crippen MR) is 74.8 cm³/mol. The van der Waals surface area contributed by atoms with Crippen molar-refractivity contribution in [1.29, 1.82) is 0 Å². The van der Waals surface area contributed by atoms with E-state index in [0.29, 0.717) is 0 Å². The summed E-state index contributed by atoms with van der Waals surface area (Å²) in [6.07, 6.45) is 1.67. The van der Waals surface area contributed by atoms with Crippen LogP contribution in [0.25, 0.3) is 0 Å². The highest BCUT2D eigenvalue weighted by Crippen LogP contribution is 1.86. The van der Waals surface area contributed by atoms with Gasteiger partial charge < -0.3 is 20.6 Å². The standard InChI is InChI=1S/C5H9NO3S.2C3H4O2/c1-3(7)6-4(2-10)5(8)9;2*1-2-3(4)5/h4,10H,2H2,1H3,(H,6,7)(H,8,9);2*2H,1H2,(H,4,5). The van der Waals surface area contributed by atoms with Gasteiger partial charge in [-0.2, -0.15) is 12.6 Å². The van der Waals surface area contributed by atoms with Crippen LogP contribution < -0.4 is 5.32 Å². The van der Waals surface area contributed by atoms with Crippen molar-refractivity contribution in [2.24, 2.45) is 0 Å². The number of carbonyl (C=O) groups excluding carboxylic acids is 1. The highest BCUT2D eigenvalue weighted by atomic mass is 32.1. The first kappa shape index (κ1) is 22.9. The molecule has 8 nitrogen and oxygen atoms in total. The van der Waals surface area contributed by atoms with E-state index in [4.69, 9.17) is 15.3 Å². The van der Waals surface area contributed by atoms with Crippen LogP contribution in [-0.4, -0.2) is 50.9 Å². The summed E-state index contributed by atoms with van der Waals surface area (Å²) < 4.78 is 0. The number of thiol groups is 1. The van der Waals surface area contributed by atoms with Crippen LogP contribution in [0.2, 0.25) is 0 Å². The maximum absolute atomic E-state index is 10.3. The lowest BCUT2D eigenvalue weighted by Gasteiger charge is -2.08. The van der Waals surface area contributed by atoms with E-state index in [1.54, 1.807) is 0 Å². The summed E-state index contributed by atoms with van der Waals surface area (Å²) in [7, 11) is 0. The molecule has 0 saturated heterocycles. The molecule has 0 bridgehead atoms. The Morgan fingerprint density at radius 2 is 1.40 bits per heavy atom. The van der Waals surface area contributed by atoms with Crippen molar-refractivity contribution in [2.45, 2.75) is 13.0 Å². The van der Waals surface area contributed by atoms with Crippen LogP contribution in [0.4, 0.5) is 0 Å². The lowest BCUT2D eigenvalue weighted by Crippen LogP contribution is -2.40. The minimum Gasteiger partial charge on any atom is -0.480 e. The number of carboxylic acid groups (broad SMARTS) is 3. The highest BCUT2D eigenvalue weighted by Gasteiger charge is 2.15. The van der Waals surface area contributed by atoms with Gasteiger partial charge in [-0.3, -0.25) is 4.79 Å². The Morgan fingerprint density at radius 3 is 1.45 bits per heavy atom. The molecular formula is C11H17NO7S. The van der Waals surface area contributed by atoms with Crippen molar-refractivity contribution in [3.05, 3.63) is 25.3 Å². The van der Waals surface area contributed by atoms with Crippen molar-refractivity contribution in [1.82, 2.24) is 5.32 Å². The Morgan fingerprint density at radius 1 is 1.10 bits per heavy atom. The number of aliphatic carboxylic acids is 3. The van der Waals surface area contributed by atoms with E-state index < -0.39 is 23.9 Å². The van der Waals surface area contributed by atoms with Crippen LogP contribution in [0, 0.1) is 0 Å². The number of carbonyl (C=O) groups is 4. The molecule has 0 radical (unpaired) electrons. The molecule has 0 aliphatic rings. The first-order valence-corrected chi connectivity index (χ1v) is 5.57. The molecule has 1 atom stereocenters. The lowest BCUT2D eigenvalue weighted by atomic mass is 10.3. The van der Waals surface area contributed by atoms with Crippen molar-refractivity contribution in [3.8, 4) is 0 Å². The third-order valence-electron chi connectivity index (χ3n) is 1.21. The van der Waals surface area contributed by atoms with Gasteiger partial charge >= 0.3 is 17.9 Å². The second-order valence-electron chi connectivity index (χ2n) is 2.86. The zero-order chi connectivity index (χ0) is 16.7. The molecule has 9 heteroatoms. The van der Waals surface area contributed by atoms with Gasteiger partial charge in [-0.25, -0.2) is 14.4 Å². The molecule has 0 rings (SSSR count). The van der Waals surface area contributed by atoms with E-state index in [2.05, 4.69) is 31.1 Å². The van der Waals surface area contributed by atoms with Gasteiger partial charge in [-0.15, -0.1) is 0 Å². The van der Waals surface area contributed by atoms with Crippen LogP contribution in [0.1, 0.15) is 6.92 Å². The van der Waals surface area contributed by atoms with Gasteiger partial charge in [0.25, 0.3) is 0 Å². The van der Waals surface area contributed by atoms with Gasteiger partial charge in [0, 0.05) is 24.8 Å². The van der Waals surface area contributed by atoms with Crippen LogP contribution in [0.5, 0.6) is 0 Å². The third kappa shape index (κ3) is 24.8. The first-order valence-electron chi connectivity index (χ1n) is 4.93. The molecular weight excluding hydrogens is 290 g/mol. The smallest absolute Gasteiger partial charge is 0.327 e. The molecule has 0 aliphatic heterocycles. The molecule has 0 aromatic heterocycles. The monoisotopic (exact) mass is 307 g/mol. The average Bonchev–Trinajstić information content (AvgIpc) is 2.36. The molecule has 0 fully saturated rings. The Balaban J connectivity index is -0.000000244. The topological polar surface area (TPSA) is 141 Å². The first-order chi connectivity index (χ1) is 9.11. The van der Waals surface area contributed by atoms with Crippen molar-refractivity contribution >= 4 is 36.4 Å². The minimum absolute atomic E-state index is 0.106. The largest absolute Gasteiger partial charge is 0.480 e. The predicted octanol–water partition coefficient (Wildman–Crippen LogP) is 0.0195. The summed E-state index contributed by atoms with van der Waals surface area (Å²) in [6, 6.07) is -0.874. The molecule has 0 aromatic carbocycles.